The minimum absolute atomic E-state index is 0.0584. The molecule has 0 bridgehead atoms. The number of benzene rings is 2. The average molecular weight is 487 g/mol. The first-order chi connectivity index (χ1) is 16.3. The van der Waals surface area contributed by atoms with E-state index in [-0.39, 0.29) is 41.2 Å². The van der Waals surface area contributed by atoms with Gasteiger partial charge in [-0.1, -0.05) is 12.1 Å². The molecule has 0 radical (unpaired) electrons. The summed E-state index contributed by atoms with van der Waals surface area (Å²) >= 11 is 0. The number of carbonyl (C=O) groups excluding carboxylic acids is 3. The zero-order valence-corrected chi connectivity index (χ0v) is 19.7. The Morgan fingerprint density at radius 1 is 0.971 bits per heavy atom. The zero-order chi connectivity index (χ0) is 24.3. The van der Waals surface area contributed by atoms with Crippen LogP contribution in [0.1, 0.15) is 56.8 Å². The third kappa shape index (κ3) is 4.55. The molecule has 2 aliphatic heterocycles. The zero-order valence-electron chi connectivity index (χ0n) is 18.9. The highest BCUT2D eigenvalue weighted by Crippen LogP contribution is 2.30. The molecule has 2 aromatic rings. The van der Waals surface area contributed by atoms with Crippen molar-refractivity contribution in [3.05, 3.63) is 59.2 Å². The third-order valence-electron chi connectivity index (χ3n) is 5.97. The summed E-state index contributed by atoms with van der Waals surface area (Å²) in [7, 11) is -2.40. The molecular formula is C24H26N2O7S. The first-order valence-electron chi connectivity index (χ1n) is 11.1. The normalized spacial score (nSPS) is 16.1. The van der Waals surface area contributed by atoms with Crippen LogP contribution in [0.25, 0.3) is 0 Å². The molecule has 0 aliphatic carbocycles. The number of sulfonamides is 1. The van der Waals surface area contributed by atoms with Crippen molar-refractivity contribution in [3.8, 4) is 5.75 Å². The molecule has 0 unspecified atom stereocenters. The van der Waals surface area contributed by atoms with Crippen LogP contribution in [0.2, 0.25) is 0 Å². The molecule has 9 nitrogen and oxygen atoms in total. The van der Waals surface area contributed by atoms with E-state index < -0.39 is 16.0 Å². The van der Waals surface area contributed by atoms with Crippen LogP contribution in [-0.2, 0) is 14.8 Å². The Morgan fingerprint density at radius 3 is 2.24 bits per heavy atom. The van der Waals surface area contributed by atoms with E-state index in [1.165, 1.54) is 34.5 Å². The maximum absolute atomic E-state index is 13.0. The fraction of sp³-hybridized carbons (Fsp3) is 0.375. The van der Waals surface area contributed by atoms with Gasteiger partial charge in [0.1, 0.15) is 10.6 Å². The fourth-order valence-corrected chi connectivity index (χ4v) is 5.83. The van der Waals surface area contributed by atoms with E-state index in [4.69, 9.17) is 9.47 Å². The molecule has 4 rings (SSSR count). The molecule has 1 saturated heterocycles. The van der Waals surface area contributed by atoms with Gasteiger partial charge < -0.3 is 9.47 Å². The molecule has 1 fully saturated rings. The summed E-state index contributed by atoms with van der Waals surface area (Å²) in [6, 6.07) is 10.9. The first-order valence-corrected chi connectivity index (χ1v) is 12.6. The van der Waals surface area contributed by atoms with Gasteiger partial charge in [0.25, 0.3) is 11.8 Å². The Morgan fingerprint density at radius 2 is 1.62 bits per heavy atom. The molecule has 0 spiro atoms. The number of esters is 1. The number of ether oxygens (including phenoxy) is 2. The second-order valence-corrected chi connectivity index (χ2v) is 10.0. The minimum Gasteiger partial charge on any atom is -0.495 e. The molecule has 34 heavy (non-hydrogen) atoms. The van der Waals surface area contributed by atoms with E-state index in [1.54, 1.807) is 24.3 Å². The largest absolute Gasteiger partial charge is 0.495 e. The van der Waals surface area contributed by atoms with Gasteiger partial charge in [-0.15, -0.1) is 0 Å². The molecule has 2 aromatic carbocycles. The van der Waals surface area contributed by atoms with Gasteiger partial charge in [0.2, 0.25) is 10.0 Å². The second kappa shape index (κ2) is 9.94. The van der Waals surface area contributed by atoms with Crippen LogP contribution in [0.3, 0.4) is 0 Å². The highest BCUT2D eigenvalue weighted by molar-refractivity contribution is 7.89. The maximum Gasteiger partial charge on any atom is 0.338 e. The topological polar surface area (TPSA) is 110 Å². The summed E-state index contributed by atoms with van der Waals surface area (Å²) in [6.07, 6.45) is 2.50. The quantitative estimate of drug-likeness (QED) is 0.304. The summed E-state index contributed by atoms with van der Waals surface area (Å²) in [5, 5.41) is 0. The first kappa shape index (κ1) is 23.9. The Bertz CT molecular complexity index is 1180. The number of imide groups is 1. The van der Waals surface area contributed by atoms with E-state index in [0.29, 0.717) is 37.1 Å². The molecule has 2 heterocycles. The van der Waals surface area contributed by atoms with Crippen molar-refractivity contribution in [1.29, 1.82) is 0 Å². The number of amides is 2. The van der Waals surface area contributed by atoms with Crippen molar-refractivity contribution in [1.82, 2.24) is 9.21 Å². The van der Waals surface area contributed by atoms with Crippen LogP contribution in [-0.4, -0.2) is 68.8 Å². The second-order valence-electron chi connectivity index (χ2n) is 8.13. The molecule has 10 heteroatoms. The van der Waals surface area contributed by atoms with E-state index >= 15 is 0 Å². The number of hydrogen-bond acceptors (Lipinski definition) is 7. The maximum atomic E-state index is 13.0. The predicted octanol–water partition coefficient (Wildman–Crippen LogP) is 2.71. The van der Waals surface area contributed by atoms with Crippen molar-refractivity contribution in [2.24, 2.45) is 0 Å². The molecule has 0 N–H and O–H groups in total. The van der Waals surface area contributed by atoms with Crippen LogP contribution >= 0.6 is 0 Å². The van der Waals surface area contributed by atoms with Gasteiger partial charge in [0.15, 0.2) is 0 Å². The molecule has 0 aromatic heterocycles. The molecule has 2 aliphatic rings. The van der Waals surface area contributed by atoms with E-state index in [2.05, 4.69) is 0 Å². The average Bonchev–Trinajstić information content (AvgIpc) is 3.48. The lowest BCUT2D eigenvalue weighted by atomic mass is 10.1. The SMILES string of the molecule is COc1ccc(C(=O)OCCCCN2C(=O)c3ccccc3C2=O)cc1S(=O)(=O)N1CCCC1. The Balaban J connectivity index is 1.32. The summed E-state index contributed by atoms with van der Waals surface area (Å²) in [5.74, 6) is -1.12. The molecule has 0 atom stereocenters. The number of hydrogen-bond donors (Lipinski definition) is 0. The van der Waals surface area contributed by atoms with Gasteiger partial charge in [0.05, 0.1) is 30.4 Å². The van der Waals surface area contributed by atoms with E-state index in [0.717, 1.165) is 12.8 Å². The van der Waals surface area contributed by atoms with Crippen molar-refractivity contribution < 1.29 is 32.3 Å². The number of carbonyl (C=O) groups is 3. The predicted molar refractivity (Wildman–Crippen MR) is 122 cm³/mol. The van der Waals surface area contributed by atoms with Gasteiger partial charge in [0, 0.05) is 19.6 Å². The van der Waals surface area contributed by atoms with Gasteiger partial charge in [-0.2, -0.15) is 4.31 Å². The fourth-order valence-electron chi connectivity index (χ4n) is 4.14. The van der Waals surface area contributed by atoms with Gasteiger partial charge in [-0.05, 0) is 56.0 Å². The minimum atomic E-state index is -3.78. The highest BCUT2D eigenvalue weighted by Gasteiger charge is 2.34. The van der Waals surface area contributed by atoms with Crippen molar-refractivity contribution in [3.63, 3.8) is 0 Å². The summed E-state index contributed by atoms with van der Waals surface area (Å²) < 4.78 is 37.9. The van der Waals surface area contributed by atoms with Crippen LogP contribution in [0, 0.1) is 0 Å². The number of methoxy groups -OCH3 is 1. The number of nitrogens with zero attached hydrogens (tertiary/aromatic N) is 2. The Hall–Kier alpha value is -3.24. The lowest BCUT2D eigenvalue weighted by Crippen LogP contribution is -2.30. The highest BCUT2D eigenvalue weighted by atomic mass is 32.2. The van der Waals surface area contributed by atoms with Crippen molar-refractivity contribution in [2.45, 2.75) is 30.6 Å². The van der Waals surface area contributed by atoms with Crippen LogP contribution in [0.4, 0.5) is 0 Å². The monoisotopic (exact) mass is 486 g/mol. The van der Waals surface area contributed by atoms with Gasteiger partial charge >= 0.3 is 5.97 Å². The van der Waals surface area contributed by atoms with E-state index in [1.807, 2.05) is 0 Å². The van der Waals surface area contributed by atoms with Crippen LogP contribution < -0.4 is 4.74 Å². The summed E-state index contributed by atoms with van der Waals surface area (Å²) in [6.45, 7) is 1.17. The number of rotatable bonds is 9. The van der Waals surface area contributed by atoms with Gasteiger partial charge in [-0.3, -0.25) is 14.5 Å². The third-order valence-corrected chi connectivity index (χ3v) is 7.89. The Kier molecular flexibility index (Phi) is 6.99. The van der Waals surface area contributed by atoms with E-state index in [9.17, 15) is 22.8 Å². The summed E-state index contributed by atoms with van der Waals surface area (Å²) in [5.41, 5.74) is 0.912. The van der Waals surface area contributed by atoms with Crippen molar-refractivity contribution in [2.75, 3.05) is 33.4 Å². The summed E-state index contributed by atoms with van der Waals surface area (Å²) in [4.78, 5) is 38.4. The smallest absolute Gasteiger partial charge is 0.338 e. The lowest BCUT2D eigenvalue weighted by Gasteiger charge is -2.18. The Labute approximate surface area is 198 Å². The number of unbranched alkanes of at least 4 members (excludes halogenated alkanes) is 1. The number of fused-ring (bicyclic) bond motifs is 1. The molecule has 180 valence electrons. The lowest BCUT2D eigenvalue weighted by molar-refractivity contribution is 0.0485. The molecule has 0 saturated carbocycles. The molecular weight excluding hydrogens is 460 g/mol. The molecule has 2 amide bonds. The van der Waals surface area contributed by atoms with Crippen molar-refractivity contribution >= 4 is 27.8 Å². The standard InChI is InChI=1S/C24H26N2O7S/c1-32-20-11-10-17(16-21(20)34(30,31)25-12-4-5-13-25)24(29)33-15-7-6-14-26-22(27)18-8-2-3-9-19(18)23(26)28/h2-3,8-11,16H,4-7,12-15H2,1H3. The van der Waals surface area contributed by atoms with Crippen LogP contribution in [0.5, 0.6) is 5.75 Å². The van der Waals surface area contributed by atoms with Crippen LogP contribution in [0.15, 0.2) is 47.4 Å². The van der Waals surface area contributed by atoms with Gasteiger partial charge in [-0.25, -0.2) is 13.2 Å².